The Balaban J connectivity index is -0.00000000167. The maximum atomic E-state index is 6.00. The molecule has 0 unspecified atom stereocenters. The summed E-state index contributed by atoms with van der Waals surface area (Å²) in [5.74, 6) is 0. The van der Waals surface area contributed by atoms with Gasteiger partial charge in [-0.15, -0.1) is 0 Å². The summed E-state index contributed by atoms with van der Waals surface area (Å²) in [5.41, 5.74) is 0. The first kappa shape index (κ1) is 29.4. The van der Waals surface area contributed by atoms with Crippen LogP contribution in [0.5, 0.6) is 0 Å². The molecule has 5 heteroatoms. The smallest absolute Gasteiger partial charge is 1.00 e. The van der Waals surface area contributed by atoms with E-state index >= 15 is 0 Å². The summed E-state index contributed by atoms with van der Waals surface area (Å²) in [4.78, 5) is 0. The second-order valence-corrected chi connectivity index (χ2v) is 0. The molecular formula is H2CaCl2O2. The first-order valence-electron chi connectivity index (χ1n) is 0.200. The first-order valence-corrected chi connectivity index (χ1v) is 0.200. The number of rotatable bonds is 0. The molecular weight excluding hydrogens is 143 g/mol. The van der Waals surface area contributed by atoms with E-state index < -0.39 is 0 Å². The van der Waals surface area contributed by atoms with Gasteiger partial charge in [0.25, 0.3) is 0 Å². The van der Waals surface area contributed by atoms with Gasteiger partial charge in [-0.1, -0.05) is 0 Å². The van der Waals surface area contributed by atoms with Crippen LogP contribution in [-0.4, -0.2) is 48.3 Å². The number of hydrogen-bond acceptors (Lipinski definition) is 2. The minimum Gasteiger partial charge on any atom is -1.00 e. The standard InChI is InChI=1S/Ca.2ClH.H2O2/c;;;1-2/h;2*1H;1-2H/q+2;;;/p-2. The van der Waals surface area contributed by atoms with Crippen molar-refractivity contribution in [2.75, 3.05) is 0 Å². The van der Waals surface area contributed by atoms with Gasteiger partial charge in [-0.05, 0) is 0 Å². The topological polar surface area (TPSA) is 40.5 Å². The molecule has 0 saturated heterocycles. The predicted molar refractivity (Wildman–Crippen MR) is 11.0 cm³/mol. The summed E-state index contributed by atoms with van der Waals surface area (Å²) in [6.45, 7) is 0. The zero-order valence-corrected chi connectivity index (χ0v) is 6.08. The molecule has 2 N–H and O–H groups in total. The van der Waals surface area contributed by atoms with Crippen molar-refractivity contribution in [2.24, 2.45) is 0 Å². The van der Waals surface area contributed by atoms with Gasteiger partial charge in [-0.3, -0.25) is 10.5 Å². The average molecular weight is 145 g/mol. The Morgan fingerprint density at radius 3 is 0.800 bits per heavy atom. The van der Waals surface area contributed by atoms with Gasteiger partial charge in [0.1, 0.15) is 0 Å². The molecule has 0 aliphatic rings. The Hall–Kier alpha value is 1.76. The summed E-state index contributed by atoms with van der Waals surface area (Å²) >= 11 is 0. The van der Waals surface area contributed by atoms with Crippen LogP contribution in [0, 0.1) is 0 Å². The van der Waals surface area contributed by atoms with Gasteiger partial charge >= 0.3 is 37.7 Å². The van der Waals surface area contributed by atoms with E-state index in [0.29, 0.717) is 0 Å². The molecule has 0 aromatic carbocycles. The maximum Gasteiger partial charge on any atom is 2.00 e. The summed E-state index contributed by atoms with van der Waals surface area (Å²) in [6, 6.07) is 0. The Labute approximate surface area is 72.3 Å². The molecule has 0 bridgehead atoms. The van der Waals surface area contributed by atoms with E-state index in [2.05, 4.69) is 0 Å². The molecule has 0 spiro atoms. The fourth-order valence-corrected chi connectivity index (χ4v) is 0. The Morgan fingerprint density at radius 2 is 0.800 bits per heavy atom. The molecule has 0 aromatic heterocycles. The summed E-state index contributed by atoms with van der Waals surface area (Å²) in [5, 5.41) is 12.0. The molecule has 0 aliphatic carbocycles. The second-order valence-electron chi connectivity index (χ2n) is 0. The van der Waals surface area contributed by atoms with Gasteiger partial charge in [0.05, 0.1) is 0 Å². The molecule has 0 fully saturated rings. The summed E-state index contributed by atoms with van der Waals surface area (Å²) in [7, 11) is 0. The zero-order chi connectivity index (χ0) is 2.00. The Kier molecular flexibility index (Phi) is 248. The molecule has 0 rings (SSSR count). The molecule has 30 valence electrons. The van der Waals surface area contributed by atoms with Crippen LogP contribution in [0.4, 0.5) is 0 Å². The van der Waals surface area contributed by atoms with Crippen LogP contribution in [0.2, 0.25) is 0 Å². The van der Waals surface area contributed by atoms with E-state index in [4.69, 9.17) is 10.5 Å². The van der Waals surface area contributed by atoms with E-state index in [9.17, 15) is 0 Å². The third-order valence-electron chi connectivity index (χ3n) is 0. The first-order chi connectivity index (χ1) is 1.00. The second kappa shape index (κ2) is 42.1. The fraction of sp³-hybridized carbons (Fsp3) is 0. The number of halogens is 2. The molecule has 0 heterocycles. The SMILES string of the molecule is OO.[Ca+2].[Cl-].[Cl-]. The zero-order valence-electron chi connectivity index (χ0n) is 2.36. The van der Waals surface area contributed by atoms with Gasteiger partial charge in [-0.25, -0.2) is 0 Å². The van der Waals surface area contributed by atoms with Crippen LogP contribution in [0.25, 0.3) is 0 Å². The van der Waals surface area contributed by atoms with Crippen molar-refractivity contribution in [2.45, 2.75) is 0 Å². The molecule has 0 aliphatic heterocycles. The fourth-order valence-electron chi connectivity index (χ4n) is 0. The van der Waals surface area contributed by atoms with Gasteiger partial charge < -0.3 is 24.8 Å². The van der Waals surface area contributed by atoms with Gasteiger partial charge in [0.2, 0.25) is 0 Å². The Bertz CT molecular complexity index is 7.61. The molecule has 2 nitrogen and oxygen atoms in total. The van der Waals surface area contributed by atoms with Crippen molar-refractivity contribution in [3.8, 4) is 0 Å². The molecule has 0 atom stereocenters. The van der Waals surface area contributed by atoms with E-state index in [1.54, 1.807) is 0 Å². The van der Waals surface area contributed by atoms with Crippen LogP contribution in [0.3, 0.4) is 0 Å². The third-order valence-corrected chi connectivity index (χ3v) is 0. The van der Waals surface area contributed by atoms with Crippen molar-refractivity contribution < 1.29 is 35.3 Å². The maximum absolute atomic E-state index is 6.00. The largest absolute Gasteiger partial charge is 2.00 e. The van der Waals surface area contributed by atoms with Crippen molar-refractivity contribution in [3.05, 3.63) is 0 Å². The normalized spacial score (nSPS) is 1.20. The van der Waals surface area contributed by atoms with Crippen molar-refractivity contribution >= 4 is 37.7 Å². The van der Waals surface area contributed by atoms with E-state index in [1.165, 1.54) is 0 Å². The molecule has 0 saturated carbocycles. The van der Waals surface area contributed by atoms with Crippen LogP contribution < -0.4 is 24.8 Å². The molecule has 0 aromatic rings. The molecule has 5 heavy (non-hydrogen) atoms. The van der Waals surface area contributed by atoms with Crippen LogP contribution >= 0.6 is 0 Å². The van der Waals surface area contributed by atoms with Crippen LogP contribution in [-0.2, 0) is 0 Å². The summed E-state index contributed by atoms with van der Waals surface area (Å²) < 4.78 is 0. The summed E-state index contributed by atoms with van der Waals surface area (Å²) in [6.07, 6.45) is 0. The molecule has 0 amide bonds. The molecule has 0 radical (unpaired) electrons. The minimum atomic E-state index is 0. The van der Waals surface area contributed by atoms with Gasteiger partial charge in [0.15, 0.2) is 0 Å². The van der Waals surface area contributed by atoms with Gasteiger partial charge in [0, 0.05) is 0 Å². The average Bonchev–Trinajstić information content (AvgIpc) is 1.00. The van der Waals surface area contributed by atoms with E-state index in [-0.39, 0.29) is 62.6 Å². The monoisotopic (exact) mass is 144 g/mol. The third kappa shape index (κ3) is 26.3. The van der Waals surface area contributed by atoms with E-state index in [0.717, 1.165) is 0 Å². The van der Waals surface area contributed by atoms with Gasteiger partial charge in [-0.2, -0.15) is 0 Å². The van der Waals surface area contributed by atoms with Crippen molar-refractivity contribution in [1.82, 2.24) is 0 Å². The quantitative estimate of drug-likeness (QED) is 0.202. The number of hydrogen-bond donors (Lipinski definition) is 2. The van der Waals surface area contributed by atoms with Crippen LogP contribution in [0.1, 0.15) is 0 Å². The van der Waals surface area contributed by atoms with Crippen molar-refractivity contribution in [1.29, 1.82) is 0 Å². The van der Waals surface area contributed by atoms with E-state index in [1.807, 2.05) is 0 Å². The van der Waals surface area contributed by atoms with Crippen molar-refractivity contribution in [3.63, 3.8) is 0 Å². The predicted octanol–water partition coefficient (Wildman–Crippen LogP) is -6.36. The Morgan fingerprint density at radius 1 is 0.800 bits per heavy atom. The van der Waals surface area contributed by atoms with Crippen LogP contribution in [0.15, 0.2) is 0 Å². The minimum absolute atomic E-state index is 0.